The van der Waals surface area contributed by atoms with Gasteiger partial charge >= 0.3 is 0 Å². The van der Waals surface area contributed by atoms with Crippen LogP contribution in [0.3, 0.4) is 0 Å². The second kappa shape index (κ2) is 6.18. The highest BCUT2D eigenvalue weighted by atomic mass is 32.1. The lowest BCUT2D eigenvalue weighted by atomic mass is 9.96. The van der Waals surface area contributed by atoms with Crippen molar-refractivity contribution < 1.29 is 0 Å². The van der Waals surface area contributed by atoms with Crippen LogP contribution in [0, 0.1) is 0 Å². The Morgan fingerprint density at radius 3 is 2.65 bits per heavy atom. The minimum absolute atomic E-state index is 0.260. The zero-order chi connectivity index (χ0) is 13.8. The van der Waals surface area contributed by atoms with E-state index >= 15 is 0 Å². The lowest BCUT2D eigenvalue weighted by Crippen LogP contribution is -2.38. The Morgan fingerprint density at radius 1 is 1.00 bits per heavy atom. The van der Waals surface area contributed by atoms with Gasteiger partial charge < -0.3 is 0 Å². The molecule has 2 nitrogen and oxygen atoms in total. The number of rotatable bonds is 5. The second-order valence-electron chi connectivity index (χ2n) is 5.04. The molecule has 0 saturated heterocycles. The van der Waals surface area contributed by atoms with Crippen molar-refractivity contribution in [2.75, 3.05) is 0 Å². The van der Waals surface area contributed by atoms with Crippen LogP contribution in [0.5, 0.6) is 0 Å². The van der Waals surface area contributed by atoms with Gasteiger partial charge in [-0.1, -0.05) is 42.5 Å². The summed E-state index contributed by atoms with van der Waals surface area (Å²) in [7, 11) is 0. The molecule has 1 heterocycles. The molecule has 0 fully saturated rings. The molecule has 0 aliphatic rings. The number of hydrogen-bond acceptors (Lipinski definition) is 3. The monoisotopic (exact) mass is 282 g/mol. The minimum atomic E-state index is 0.260. The average molecular weight is 282 g/mol. The van der Waals surface area contributed by atoms with E-state index in [1.54, 1.807) is 11.3 Å². The summed E-state index contributed by atoms with van der Waals surface area (Å²) in [6.45, 7) is 0. The number of hydrazine groups is 1. The molecule has 1 unspecified atom stereocenters. The maximum Gasteiger partial charge on any atom is 0.0291 e. The van der Waals surface area contributed by atoms with Crippen molar-refractivity contribution in [3.63, 3.8) is 0 Å². The van der Waals surface area contributed by atoms with Gasteiger partial charge in [-0.3, -0.25) is 11.3 Å². The first-order valence-corrected chi connectivity index (χ1v) is 7.75. The van der Waals surface area contributed by atoms with Crippen molar-refractivity contribution in [3.05, 3.63) is 70.4 Å². The quantitative estimate of drug-likeness (QED) is 0.555. The molecule has 3 N–H and O–H groups in total. The molecule has 3 rings (SSSR count). The van der Waals surface area contributed by atoms with Crippen LogP contribution in [-0.4, -0.2) is 6.04 Å². The van der Waals surface area contributed by atoms with Crippen molar-refractivity contribution in [1.29, 1.82) is 0 Å². The Hall–Kier alpha value is -1.68. The van der Waals surface area contributed by atoms with Gasteiger partial charge in [0.25, 0.3) is 0 Å². The number of hydrogen-bond donors (Lipinski definition) is 2. The summed E-state index contributed by atoms with van der Waals surface area (Å²) in [5, 5.41) is 6.91. The minimum Gasteiger partial charge on any atom is -0.271 e. The lowest BCUT2D eigenvalue weighted by Gasteiger charge is -2.16. The first-order valence-electron chi connectivity index (χ1n) is 6.80. The van der Waals surface area contributed by atoms with E-state index in [0.29, 0.717) is 0 Å². The third kappa shape index (κ3) is 2.90. The van der Waals surface area contributed by atoms with Crippen molar-refractivity contribution in [2.45, 2.75) is 18.9 Å². The number of thiophene rings is 1. The molecule has 3 aromatic rings. The van der Waals surface area contributed by atoms with Gasteiger partial charge in [-0.25, -0.2) is 0 Å². The molecule has 1 atom stereocenters. The SMILES string of the molecule is NNC(Cc1ccsc1)Cc1cccc2ccccc12. The molecule has 0 saturated carbocycles. The van der Waals surface area contributed by atoms with Crippen LogP contribution in [0.25, 0.3) is 10.8 Å². The smallest absolute Gasteiger partial charge is 0.0291 e. The fourth-order valence-electron chi connectivity index (χ4n) is 2.62. The molecule has 2 aromatic carbocycles. The third-order valence-electron chi connectivity index (χ3n) is 3.64. The van der Waals surface area contributed by atoms with E-state index in [9.17, 15) is 0 Å². The normalized spacial score (nSPS) is 12.7. The third-order valence-corrected chi connectivity index (χ3v) is 4.38. The summed E-state index contributed by atoms with van der Waals surface area (Å²) in [5.41, 5.74) is 5.65. The van der Waals surface area contributed by atoms with E-state index in [2.05, 4.69) is 64.7 Å². The zero-order valence-corrected chi connectivity index (χ0v) is 12.1. The van der Waals surface area contributed by atoms with Crippen molar-refractivity contribution >= 4 is 22.1 Å². The summed E-state index contributed by atoms with van der Waals surface area (Å²) >= 11 is 1.73. The van der Waals surface area contributed by atoms with Gasteiger partial charge in [0.05, 0.1) is 0 Å². The largest absolute Gasteiger partial charge is 0.271 e. The van der Waals surface area contributed by atoms with Crippen molar-refractivity contribution in [2.24, 2.45) is 5.84 Å². The maximum absolute atomic E-state index is 5.73. The van der Waals surface area contributed by atoms with E-state index in [-0.39, 0.29) is 6.04 Å². The Balaban J connectivity index is 1.84. The molecular weight excluding hydrogens is 264 g/mol. The first kappa shape index (κ1) is 13.3. The Kier molecular flexibility index (Phi) is 4.11. The Bertz CT molecular complexity index is 671. The van der Waals surface area contributed by atoms with Gasteiger partial charge in [0.15, 0.2) is 0 Å². The molecule has 0 aliphatic heterocycles. The van der Waals surface area contributed by atoms with E-state index in [1.807, 2.05) is 0 Å². The molecule has 102 valence electrons. The summed E-state index contributed by atoms with van der Waals surface area (Å²) in [4.78, 5) is 0. The van der Waals surface area contributed by atoms with Gasteiger partial charge in [-0.15, -0.1) is 0 Å². The molecule has 20 heavy (non-hydrogen) atoms. The second-order valence-corrected chi connectivity index (χ2v) is 5.82. The molecule has 0 bridgehead atoms. The summed E-state index contributed by atoms with van der Waals surface area (Å²) in [5.74, 6) is 5.73. The molecule has 0 radical (unpaired) electrons. The fraction of sp³-hybridized carbons (Fsp3) is 0.176. The number of nitrogens with one attached hydrogen (secondary N) is 1. The van der Waals surface area contributed by atoms with Crippen molar-refractivity contribution in [1.82, 2.24) is 5.43 Å². The topological polar surface area (TPSA) is 38.0 Å². The highest BCUT2D eigenvalue weighted by Crippen LogP contribution is 2.20. The predicted octanol–water partition coefficient (Wildman–Crippen LogP) is 3.52. The standard InChI is InChI=1S/C17H18N2S/c18-19-16(10-13-8-9-20-12-13)11-15-6-3-5-14-4-1-2-7-17(14)15/h1-9,12,16,19H,10-11,18H2. The number of nitrogens with two attached hydrogens (primary N) is 1. The van der Waals surface area contributed by atoms with Crippen LogP contribution in [0.1, 0.15) is 11.1 Å². The Labute approximate surface area is 123 Å². The van der Waals surface area contributed by atoms with Gasteiger partial charge in [0, 0.05) is 6.04 Å². The van der Waals surface area contributed by atoms with E-state index in [4.69, 9.17) is 5.84 Å². The summed E-state index contributed by atoms with van der Waals surface area (Å²) in [6, 6.07) is 17.4. The molecule has 0 spiro atoms. The maximum atomic E-state index is 5.73. The Morgan fingerprint density at radius 2 is 1.85 bits per heavy atom. The summed E-state index contributed by atoms with van der Waals surface area (Å²) in [6.07, 6.45) is 1.90. The molecule has 0 amide bonds. The lowest BCUT2D eigenvalue weighted by molar-refractivity contribution is 0.524. The number of fused-ring (bicyclic) bond motifs is 1. The van der Waals surface area contributed by atoms with Crippen LogP contribution in [-0.2, 0) is 12.8 Å². The zero-order valence-electron chi connectivity index (χ0n) is 11.3. The highest BCUT2D eigenvalue weighted by molar-refractivity contribution is 7.07. The van der Waals surface area contributed by atoms with Crippen LogP contribution in [0.2, 0.25) is 0 Å². The van der Waals surface area contributed by atoms with Crippen LogP contribution in [0.15, 0.2) is 59.3 Å². The van der Waals surface area contributed by atoms with Crippen LogP contribution < -0.4 is 11.3 Å². The molecule has 3 heteroatoms. The average Bonchev–Trinajstić information content (AvgIpc) is 3.00. The summed E-state index contributed by atoms with van der Waals surface area (Å²) < 4.78 is 0. The molecule has 1 aromatic heterocycles. The van der Waals surface area contributed by atoms with Crippen LogP contribution in [0.4, 0.5) is 0 Å². The van der Waals surface area contributed by atoms with Gasteiger partial charge in [-0.05, 0) is 51.6 Å². The first-order chi connectivity index (χ1) is 9.86. The van der Waals surface area contributed by atoms with Crippen LogP contribution >= 0.6 is 11.3 Å². The fourth-order valence-corrected chi connectivity index (χ4v) is 3.30. The van der Waals surface area contributed by atoms with E-state index < -0.39 is 0 Å². The van der Waals surface area contributed by atoms with E-state index in [0.717, 1.165) is 12.8 Å². The molecular formula is C17H18N2S. The molecule has 0 aliphatic carbocycles. The van der Waals surface area contributed by atoms with Gasteiger partial charge in [-0.2, -0.15) is 11.3 Å². The van der Waals surface area contributed by atoms with Crippen molar-refractivity contribution in [3.8, 4) is 0 Å². The highest BCUT2D eigenvalue weighted by Gasteiger charge is 2.11. The van der Waals surface area contributed by atoms with Gasteiger partial charge in [0.1, 0.15) is 0 Å². The van der Waals surface area contributed by atoms with Gasteiger partial charge in [0.2, 0.25) is 0 Å². The number of benzene rings is 2. The predicted molar refractivity (Wildman–Crippen MR) is 86.8 cm³/mol. The van der Waals surface area contributed by atoms with E-state index in [1.165, 1.54) is 21.9 Å².